The van der Waals surface area contributed by atoms with Crippen molar-refractivity contribution in [2.24, 2.45) is 0 Å². The van der Waals surface area contributed by atoms with Crippen molar-refractivity contribution in [3.63, 3.8) is 0 Å². The molecular weight excluding hydrogens is 309 g/mol. The number of hydrogen-bond acceptors (Lipinski definition) is 4. The van der Waals surface area contributed by atoms with Gasteiger partial charge in [-0.15, -0.1) is 0 Å². The summed E-state index contributed by atoms with van der Waals surface area (Å²) in [6.45, 7) is -0.304. The van der Waals surface area contributed by atoms with Gasteiger partial charge in [-0.05, 0) is 24.6 Å². The first-order chi connectivity index (χ1) is 9.35. The van der Waals surface area contributed by atoms with E-state index in [-0.39, 0.29) is 34.9 Å². The lowest BCUT2D eigenvalue weighted by molar-refractivity contribution is -0.123. The van der Waals surface area contributed by atoms with Gasteiger partial charge in [-0.1, -0.05) is 11.6 Å². The Bertz CT molecular complexity index is 620. The number of sulfone groups is 1. The lowest BCUT2D eigenvalue weighted by Crippen LogP contribution is -2.38. The van der Waals surface area contributed by atoms with Crippen molar-refractivity contribution in [1.29, 1.82) is 0 Å². The molecule has 0 spiro atoms. The summed E-state index contributed by atoms with van der Waals surface area (Å²) in [7, 11) is -3.04. The summed E-state index contributed by atoms with van der Waals surface area (Å²) in [5.74, 6) is -0.698. The van der Waals surface area contributed by atoms with E-state index in [0.717, 1.165) is 6.07 Å². The molecule has 1 saturated heterocycles. The van der Waals surface area contributed by atoms with Crippen LogP contribution in [-0.4, -0.2) is 38.5 Å². The predicted molar refractivity (Wildman–Crippen MR) is 72.1 cm³/mol. The Balaban J connectivity index is 1.84. The molecule has 1 amide bonds. The Morgan fingerprint density at radius 3 is 2.85 bits per heavy atom. The van der Waals surface area contributed by atoms with E-state index >= 15 is 0 Å². The van der Waals surface area contributed by atoms with E-state index < -0.39 is 21.6 Å². The summed E-state index contributed by atoms with van der Waals surface area (Å²) >= 11 is 5.74. The maximum Gasteiger partial charge on any atom is 0.258 e. The van der Waals surface area contributed by atoms with Crippen molar-refractivity contribution in [3.05, 3.63) is 29.0 Å². The van der Waals surface area contributed by atoms with Gasteiger partial charge < -0.3 is 10.1 Å². The molecule has 1 aromatic carbocycles. The highest BCUT2D eigenvalue weighted by molar-refractivity contribution is 7.91. The molecule has 1 aromatic rings. The molecule has 1 aliphatic rings. The fourth-order valence-electron chi connectivity index (χ4n) is 1.91. The minimum absolute atomic E-state index is 0.0456. The quantitative estimate of drug-likeness (QED) is 0.903. The highest BCUT2D eigenvalue weighted by Gasteiger charge is 2.28. The summed E-state index contributed by atoms with van der Waals surface area (Å²) in [4.78, 5) is 11.6. The van der Waals surface area contributed by atoms with Crippen molar-refractivity contribution in [2.45, 2.75) is 12.5 Å². The molecule has 2 rings (SSSR count). The summed E-state index contributed by atoms with van der Waals surface area (Å²) in [5.41, 5.74) is 0. The number of benzene rings is 1. The van der Waals surface area contributed by atoms with E-state index in [2.05, 4.69) is 5.32 Å². The average Bonchev–Trinajstić information content (AvgIpc) is 2.67. The highest BCUT2D eigenvalue weighted by Crippen LogP contribution is 2.24. The Morgan fingerprint density at radius 1 is 1.50 bits per heavy atom. The van der Waals surface area contributed by atoms with Gasteiger partial charge in [0.1, 0.15) is 11.6 Å². The van der Waals surface area contributed by atoms with Crippen molar-refractivity contribution in [3.8, 4) is 5.75 Å². The van der Waals surface area contributed by atoms with Gasteiger partial charge in [0, 0.05) is 6.04 Å². The number of ether oxygens (including phenoxy) is 1. The molecule has 1 aliphatic heterocycles. The van der Waals surface area contributed by atoms with Crippen LogP contribution in [0.3, 0.4) is 0 Å². The van der Waals surface area contributed by atoms with E-state index in [9.17, 15) is 17.6 Å². The highest BCUT2D eigenvalue weighted by atomic mass is 35.5. The fourth-order valence-corrected chi connectivity index (χ4v) is 3.81. The molecule has 1 N–H and O–H groups in total. The van der Waals surface area contributed by atoms with Gasteiger partial charge in [0.05, 0.1) is 16.5 Å². The first kappa shape index (κ1) is 15.1. The van der Waals surface area contributed by atoms with Crippen molar-refractivity contribution < 1.29 is 22.3 Å². The number of rotatable bonds is 4. The Morgan fingerprint density at radius 2 is 2.25 bits per heavy atom. The molecule has 0 saturated carbocycles. The van der Waals surface area contributed by atoms with Gasteiger partial charge in [0.15, 0.2) is 16.4 Å². The Labute approximate surface area is 121 Å². The number of hydrogen-bond donors (Lipinski definition) is 1. The summed E-state index contributed by atoms with van der Waals surface area (Å²) in [6.07, 6.45) is 0.408. The number of amides is 1. The maximum atomic E-state index is 12.8. The molecule has 5 nitrogen and oxygen atoms in total. The number of nitrogens with one attached hydrogen (secondary N) is 1. The van der Waals surface area contributed by atoms with Crippen LogP contribution in [0.5, 0.6) is 5.75 Å². The molecule has 0 aliphatic carbocycles. The summed E-state index contributed by atoms with van der Waals surface area (Å²) in [5, 5.41) is 2.65. The van der Waals surface area contributed by atoms with Crippen LogP contribution in [0.15, 0.2) is 18.2 Å². The summed E-state index contributed by atoms with van der Waals surface area (Å²) < 4.78 is 40.5. The molecule has 0 bridgehead atoms. The maximum absolute atomic E-state index is 12.8. The normalized spacial score (nSPS) is 20.6. The molecule has 0 aromatic heterocycles. The molecule has 8 heteroatoms. The first-order valence-corrected chi connectivity index (χ1v) is 8.13. The van der Waals surface area contributed by atoms with Crippen LogP contribution in [0, 0.1) is 5.82 Å². The van der Waals surface area contributed by atoms with Crippen LogP contribution in [-0.2, 0) is 14.6 Å². The fraction of sp³-hybridized carbons (Fsp3) is 0.417. The Hall–Kier alpha value is -1.34. The zero-order valence-corrected chi connectivity index (χ0v) is 12.0. The minimum atomic E-state index is -3.04. The van der Waals surface area contributed by atoms with E-state index in [0.29, 0.717) is 6.42 Å². The van der Waals surface area contributed by atoms with Crippen LogP contribution in [0.1, 0.15) is 6.42 Å². The monoisotopic (exact) mass is 321 g/mol. The number of halogens is 2. The predicted octanol–water partition coefficient (Wildman–Crippen LogP) is 1.16. The van der Waals surface area contributed by atoms with Crippen LogP contribution < -0.4 is 10.1 Å². The van der Waals surface area contributed by atoms with E-state index in [1.54, 1.807) is 0 Å². The van der Waals surface area contributed by atoms with E-state index in [1.165, 1.54) is 12.1 Å². The summed E-state index contributed by atoms with van der Waals surface area (Å²) in [6, 6.07) is 3.20. The zero-order chi connectivity index (χ0) is 14.8. The third kappa shape index (κ3) is 4.08. The third-order valence-electron chi connectivity index (χ3n) is 2.85. The van der Waals surface area contributed by atoms with Gasteiger partial charge in [0.25, 0.3) is 5.91 Å². The van der Waals surface area contributed by atoms with Gasteiger partial charge >= 0.3 is 0 Å². The molecule has 20 heavy (non-hydrogen) atoms. The number of carbonyl (C=O) groups is 1. The van der Waals surface area contributed by atoms with Crippen LogP contribution in [0.4, 0.5) is 4.39 Å². The molecule has 1 fully saturated rings. The van der Waals surface area contributed by atoms with Crippen molar-refractivity contribution in [2.75, 3.05) is 18.1 Å². The molecule has 1 heterocycles. The van der Waals surface area contributed by atoms with Gasteiger partial charge in [0.2, 0.25) is 0 Å². The minimum Gasteiger partial charge on any atom is -0.482 e. The van der Waals surface area contributed by atoms with Gasteiger partial charge in [-0.3, -0.25) is 4.79 Å². The van der Waals surface area contributed by atoms with E-state index in [1.807, 2.05) is 0 Å². The number of carbonyl (C=O) groups excluding carboxylic acids is 1. The van der Waals surface area contributed by atoms with Crippen molar-refractivity contribution in [1.82, 2.24) is 5.32 Å². The molecular formula is C12H13ClFNO4S. The largest absolute Gasteiger partial charge is 0.482 e. The first-order valence-electron chi connectivity index (χ1n) is 5.93. The van der Waals surface area contributed by atoms with Gasteiger partial charge in [-0.25, -0.2) is 12.8 Å². The van der Waals surface area contributed by atoms with E-state index in [4.69, 9.17) is 16.3 Å². The standard InChI is InChI=1S/C12H13ClFNO4S/c13-10-5-8(14)1-2-11(10)19-6-12(16)15-9-3-4-20(17,18)7-9/h1-2,5,9H,3-4,6-7H2,(H,15,16)/t9-/m1/s1. The Kier molecular flexibility index (Phi) is 4.49. The lowest BCUT2D eigenvalue weighted by Gasteiger charge is -2.12. The van der Waals surface area contributed by atoms with Gasteiger partial charge in [-0.2, -0.15) is 0 Å². The second-order valence-corrected chi connectivity index (χ2v) is 7.17. The molecule has 1 atom stereocenters. The van der Waals surface area contributed by atoms with Crippen LogP contribution in [0.2, 0.25) is 5.02 Å². The second-order valence-electron chi connectivity index (χ2n) is 4.53. The smallest absolute Gasteiger partial charge is 0.258 e. The van der Waals surface area contributed by atoms with Crippen LogP contribution in [0.25, 0.3) is 0 Å². The van der Waals surface area contributed by atoms with Crippen LogP contribution >= 0.6 is 11.6 Å². The molecule has 0 radical (unpaired) electrons. The lowest BCUT2D eigenvalue weighted by atomic mass is 10.2. The average molecular weight is 322 g/mol. The second kappa shape index (κ2) is 5.97. The molecule has 110 valence electrons. The zero-order valence-electron chi connectivity index (χ0n) is 10.4. The van der Waals surface area contributed by atoms with Crippen molar-refractivity contribution >= 4 is 27.3 Å². The third-order valence-corrected chi connectivity index (χ3v) is 4.91. The molecule has 0 unspecified atom stereocenters. The SMILES string of the molecule is O=C(COc1ccc(F)cc1Cl)N[C@@H]1CCS(=O)(=O)C1. The topological polar surface area (TPSA) is 72.5 Å².